The Bertz CT molecular complexity index is 1230. The van der Waals surface area contributed by atoms with E-state index in [1.165, 1.54) is 17.0 Å². The molecule has 1 aromatic carbocycles. The molecule has 0 radical (unpaired) electrons. The Labute approximate surface area is 237 Å². The van der Waals surface area contributed by atoms with Gasteiger partial charge in [-0.1, -0.05) is 18.6 Å². The van der Waals surface area contributed by atoms with E-state index in [0.29, 0.717) is 62.5 Å². The summed E-state index contributed by atoms with van der Waals surface area (Å²) in [7, 11) is 0. The monoisotopic (exact) mass is 578 g/mol. The molecule has 2 aromatic rings. The molecule has 1 saturated carbocycles. The third-order valence-corrected chi connectivity index (χ3v) is 9.48. The Kier molecular flexibility index (Phi) is 8.33. The van der Waals surface area contributed by atoms with Gasteiger partial charge in [0.1, 0.15) is 12.0 Å². The zero-order valence-corrected chi connectivity index (χ0v) is 23.3. The number of piperidine rings is 1. The number of halogens is 4. The van der Waals surface area contributed by atoms with E-state index >= 15 is 4.39 Å². The maximum Gasteiger partial charge on any atom is 0.395 e. The first kappa shape index (κ1) is 29.7. The van der Waals surface area contributed by atoms with Gasteiger partial charge in [0.05, 0.1) is 17.6 Å². The summed E-state index contributed by atoms with van der Waals surface area (Å²) in [5.41, 5.74) is 4.32. The van der Waals surface area contributed by atoms with Crippen molar-refractivity contribution < 1.29 is 32.2 Å². The Morgan fingerprint density at radius 2 is 1.83 bits per heavy atom. The van der Waals surface area contributed by atoms with Crippen molar-refractivity contribution in [1.82, 2.24) is 14.8 Å². The van der Waals surface area contributed by atoms with Gasteiger partial charge in [0.2, 0.25) is 11.8 Å². The lowest BCUT2D eigenvalue weighted by atomic mass is 9.67. The predicted octanol–water partition coefficient (Wildman–Crippen LogP) is 5.04. The molecule has 1 unspecified atom stereocenters. The van der Waals surface area contributed by atoms with Crippen LogP contribution in [0.3, 0.4) is 0 Å². The fourth-order valence-electron chi connectivity index (χ4n) is 6.44. The van der Waals surface area contributed by atoms with E-state index in [2.05, 4.69) is 4.98 Å². The quantitative estimate of drug-likeness (QED) is 0.405. The van der Waals surface area contributed by atoms with Crippen LogP contribution in [0.4, 0.5) is 17.6 Å². The van der Waals surface area contributed by atoms with Gasteiger partial charge in [0.15, 0.2) is 0 Å². The number of ether oxygens (including phenoxy) is 1. The maximum absolute atomic E-state index is 15.1. The summed E-state index contributed by atoms with van der Waals surface area (Å²) in [5.74, 6) is -0.475. The summed E-state index contributed by atoms with van der Waals surface area (Å²) in [5, 5.41) is 10.9. The van der Waals surface area contributed by atoms with Crippen molar-refractivity contribution in [3.8, 4) is 17.0 Å². The average molecular weight is 579 g/mol. The van der Waals surface area contributed by atoms with Crippen molar-refractivity contribution >= 4 is 5.91 Å². The van der Waals surface area contributed by atoms with E-state index in [4.69, 9.17) is 10.5 Å². The number of hydrogen-bond acceptors (Lipinski definition) is 6. The fraction of sp³-hybridized carbons (Fsp3) is 0.600. The summed E-state index contributed by atoms with van der Waals surface area (Å²) in [4.78, 5) is 19.8. The van der Waals surface area contributed by atoms with E-state index < -0.39 is 35.1 Å². The Morgan fingerprint density at radius 3 is 2.39 bits per heavy atom. The zero-order chi connectivity index (χ0) is 29.4. The second-order valence-corrected chi connectivity index (χ2v) is 12.1. The van der Waals surface area contributed by atoms with Gasteiger partial charge in [-0.2, -0.15) is 13.2 Å². The molecule has 3 aliphatic rings. The number of alkyl halides is 3. The SMILES string of the molecule is C[C@@]1(C(N)=O)CCCN1C(O)c1ccc(-c2ccc(OCC3CCN(CC4(C(F)(F)F)CCC4)CC3)nc2)cc1F. The second kappa shape index (κ2) is 11.5. The van der Waals surface area contributed by atoms with Gasteiger partial charge < -0.3 is 20.5 Å². The minimum absolute atomic E-state index is 0.0725. The lowest BCUT2D eigenvalue weighted by Gasteiger charge is -2.47. The van der Waals surface area contributed by atoms with Crippen molar-refractivity contribution in [3.05, 3.63) is 47.9 Å². The number of carbonyl (C=O) groups excluding carboxylic acids is 1. The smallest absolute Gasteiger partial charge is 0.395 e. The minimum atomic E-state index is -4.14. The minimum Gasteiger partial charge on any atom is -0.477 e. The van der Waals surface area contributed by atoms with E-state index in [1.54, 1.807) is 31.3 Å². The van der Waals surface area contributed by atoms with E-state index in [0.717, 1.165) is 12.8 Å². The molecule has 1 aromatic heterocycles. The topological polar surface area (TPSA) is 91.9 Å². The van der Waals surface area contributed by atoms with Crippen LogP contribution in [0.15, 0.2) is 36.5 Å². The predicted molar refractivity (Wildman–Crippen MR) is 145 cm³/mol. The molecule has 3 heterocycles. The number of nitrogens with two attached hydrogens (primary N) is 1. The summed E-state index contributed by atoms with van der Waals surface area (Å²) < 4.78 is 61.5. The molecule has 5 rings (SSSR count). The molecule has 2 saturated heterocycles. The molecule has 11 heteroatoms. The van der Waals surface area contributed by atoms with Gasteiger partial charge >= 0.3 is 6.18 Å². The molecule has 0 bridgehead atoms. The lowest BCUT2D eigenvalue weighted by molar-refractivity contribution is -0.256. The molecule has 7 nitrogen and oxygen atoms in total. The Morgan fingerprint density at radius 1 is 1.12 bits per heavy atom. The van der Waals surface area contributed by atoms with Crippen LogP contribution < -0.4 is 10.5 Å². The molecule has 3 N–H and O–H groups in total. The first-order valence-corrected chi connectivity index (χ1v) is 14.3. The van der Waals surface area contributed by atoms with E-state index in [1.807, 2.05) is 4.90 Å². The summed E-state index contributed by atoms with van der Waals surface area (Å²) >= 11 is 0. The third-order valence-electron chi connectivity index (χ3n) is 9.48. The molecule has 0 spiro atoms. The Balaban J connectivity index is 1.13. The van der Waals surface area contributed by atoms with Crippen molar-refractivity contribution in [1.29, 1.82) is 0 Å². The van der Waals surface area contributed by atoms with Crippen LogP contribution >= 0.6 is 0 Å². The number of carbonyl (C=O) groups is 1. The number of pyridine rings is 1. The highest BCUT2D eigenvalue weighted by molar-refractivity contribution is 5.84. The number of nitrogens with zero attached hydrogens (tertiary/aromatic N) is 3. The van der Waals surface area contributed by atoms with Gasteiger partial charge in [0, 0.05) is 36.5 Å². The van der Waals surface area contributed by atoms with Gasteiger partial charge in [0.25, 0.3) is 0 Å². The number of likely N-dealkylation sites (tertiary alicyclic amines) is 2. The highest BCUT2D eigenvalue weighted by Gasteiger charge is 2.58. The molecular weight excluding hydrogens is 540 g/mol. The standard InChI is InChI=1S/C30H38F4N4O3/c1-28(27(35)40)10-3-13-38(28)26(39)23-6-4-21(16-24(23)31)22-5-7-25(36-17-22)41-18-20-8-14-37(15-9-20)19-29(11-2-12-29)30(32,33)34/h4-7,16-17,20,26,39H,2-3,8-15,18-19H2,1H3,(H2,35,40)/t26?,28-/m0/s1. The van der Waals surface area contributed by atoms with Crippen LogP contribution in [0.1, 0.15) is 63.7 Å². The second-order valence-electron chi connectivity index (χ2n) is 12.1. The van der Waals surface area contributed by atoms with Crippen LogP contribution in [0, 0.1) is 17.2 Å². The number of aromatic nitrogens is 1. The van der Waals surface area contributed by atoms with E-state index in [9.17, 15) is 23.1 Å². The van der Waals surface area contributed by atoms with Crippen LogP contribution in [0.25, 0.3) is 11.1 Å². The summed E-state index contributed by atoms with van der Waals surface area (Å²) in [6.07, 6.45) is -0.00544. The zero-order valence-electron chi connectivity index (χ0n) is 23.3. The normalized spacial score (nSPS) is 24.6. The first-order valence-electron chi connectivity index (χ1n) is 14.3. The van der Waals surface area contributed by atoms with Crippen LogP contribution in [-0.4, -0.2) is 70.3 Å². The third kappa shape index (κ3) is 5.94. The molecule has 224 valence electrons. The van der Waals surface area contributed by atoms with Crippen molar-refractivity contribution in [2.75, 3.05) is 32.8 Å². The van der Waals surface area contributed by atoms with Gasteiger partial charge in [-0.15, -0.1) is 0 Å². The molecule has 2 atom stereocenters. The number of aliphatic hydroxyl groups excluding tert-OH is 1. The number of primary amides is 1. The summed E-state index contributed by atoms with van der Waals surface area (Å²) in [6.45, 7) is 3.90. The van der Waals surface area contributed by atoms with Gasteiger partial charge in [-0.3, -0.25) is 9.69 Å². The number of benzene rings is 1. The average Bonchev–Trinajstić information content (AvgIpc) is 3.32. The molecule has 1 aliphatic carbocycles. The van der Waals surface area contributed by atoms with E-state index in [-0.39, 0.29) is 30.9 Å². The first-order chi connectivity index (χ1) is 19.4. The Hall–Kier alpha value is -2.76. The fourth-order valence-corrected chi connectivity index (χ4v) is 6.44. The molecule has 2 aliphatic heterocycles. The lowest BCUT2D eigenvalue weighted by Crippen LogP contribution is -2.53. The molecular formula is C30H38F4N4O3. The molecule has 41 heavy (non-hydrogen) atoms. The number of amides is 1. The largest absolute Gasteiger partial charge is 0.477 e. The molecule has 3 fully saturated rings. The van der Waals surface area contributed by atoms with Crippen molar-refractivity contribution in [2.45, 2.75) is 69.8 Å². The van der Waals surface area contributed by atoms with Crippen LogP contribution in [-0.2, 0) is 4.79 Å². The van der Waals surface area contributed by atoms with Gasteiger partial charge in [-0.05, 0) is 82.2 Å². The number of aliphatic hydroxyl groups is 1. The highest BCUT2D eigenvalue weighted by atomic mass is 19.4. The van der Waals surface area contributed by atoms with Crippen LogP contribution in [0.5, 0.6) is 5.88 Å². The highest BCUT2D eigenvalue weighted by Crippen LogP contribution is 2.53. The number of hydrogen-bond donors (Lipinski definition) is 2. The number of rotatable bonds is 9. The maximum atomic E-state index is 15.1. The van der Waals surface area contributed by atoms with Crippen molar-refractivity contribution in [2.24, 2.45) is 17.1 Å². The van der Waals surface area contributed by atoms with Crippen LogP contribution in [0.2, 0.25) is 0 Å². The van der Waals surface area contributed by atoms with Gasteiger partial charge in [-0.25, -0.2) is 9.37 Å². The van der Waals surface area contributed by atoms with Crippen molar-refractivity contribution in [3.63, 3.8) is 0 Å². The summed E-state index contributed by atoms with van der Waals surface area (Å²) in [6, 6.07) is 8.01. The molecule has 1 amide bonds.